The number of benzene rings is 1. The van der Waals surface area contributed by atoms with Crippen LogP contribution in [0.1, 0.15) is 19.8 Å². The van der Waals surface area contributed by atoms with Gasteiger partial charge in [0.15, 0.2) is 11.6 Å². The van der Waals surface area contributed by atoms with Crippen LogP contribution in [0.15, 0.2) is 12.1 Å². The van der Waals surface area contributed by atoms with Gasteiger partial charge in [-0.05, 0) is 5.92 Å². The molecule has 19 heavy (non-hydrogen) atoms. The highest BCUT2D eigenvalue weighted by Crippen LogP contribution is 2.21. The van der Waals surface area contributed by atoms with E-state index in [2.05, 4.69) is 0 Å². The number of rotatable bonds is 5. The lowest BCUT2D eigenvalue weighted by atomic mass is 10.0. The summed E-state index contributed by atoms with van der Waals surface area (Å²) in [6.45, 7) is 1.52. The zero-order valence-electron chi connectivity index (χ0n) is 10.0. The Morgan fingerprint density at radius 3 is 2.21 bits per heavy atom. The quantitative estimate of drug-likeness (QED) is 0.867. The van der Waals surface area contributed by atoms with E-state index in [4.69, 9.17) is 5.11 Å². The maximum absolute atomic E-state index is 13.2. The third-order valence-corrected chi connectivity index (χ3v) is 2.33. The highest BCUT2D eigenvalue weighted by atomic mass is 19.1. The minimum absolute atomic E-state index is 0.206. The predicted molar refractivity (Wildman–Crippen MR) is 61.0 cm³/mol. The average molecular weight is 275 g/mol. The lowest BCUT2D eigenvalue weighted by Crippen LogP contribution is -2.18. The summed E-state index contributed by atoms with van der Waals surface area (Å²) in [7, 11) is 0. The number of carbonyl (C=O) groups is 2. The number of carboxylic acids is 1. The van der Waals surface area contributed by atoms with Crippen LogP contribution in [0.4, 0.5) is 18.9 Å². The zero-order chi connectivity index (χ0) is 14.6. The summed E-state index contributed by atoms with van der Waals surface area (Å²) < 4.78 is 39.1. The Morgan fingerprint density at radius 2 is 1.74 bits per heavy atom. The van der Waals surface area contributed by atoms with E-state index in [-0.39, 0.29) is 12.8 Å². The molecule has 4 nitrogen and oxygen atoms in total. The first-order chi connectivity index (χ1) is 8.79. The van der Waals surface area contributed by atoms with E-state index in [9.17, 15) is 22.8 Å². The number of anilines is 1. The van der Waals surface area contributed by atoms with Crippen LogP contribution in [-0.2, 0) is 9.59 Å². The van der Waals surface area contributed by atoms with Gasteiger partial charge in [0.05, 0.1) is 0 Å². The summed E-state index contributed by atoms with van der Waals surface area (Å²) in [4.78, 5) is 21.9. The Kier molecular flexibility index (Phi) is 4.91. The number of carboxylic acid groups (broad SMARTS) is 1. The summed E-state index contributed by atoms with van der Waals surface area (Å²) in [6.07, 6.45) is -0.440. The van der Waals surface area contributed by atoms with Gasteiger partial charge in [0.2, 0.25) is 5.91 Å². The molecule has 0 radical (unpaired) electrons. The second kappa shape index (κ2) is 6.21. The third-order valence-electron chi connectivity index (χ3n) is 2.33. The Hall–Kier alpha value is -2.05. The van der Waals surface area contributed by atoms with Crippen molar-refractivity contribution in [1.29, 1.82) is 0 Å². The van der Waals surface area contributed by atoms with Crippen molar-refractivity contribution in [2.75, 3.05) is 5.32 Å². The molecule has 0 saturated heterocycles. The van der Waals surface area contributed by atoms with E-state index in [0.717, 1.165) is 0 Å². The molecule has 0 fully saturated rings. The second-order valence-electron chi connectivity index (χ2n) is 4.20. The maximum Gasteiger partial charge on any atom is 0.303 e. The highest BCUT2D eigenvalue weighted by molar-refractivity contribution is 5.91. The molecule has 0 aromatic heterocycles. The summed E-state index contributed by atoms with van der Waals surface area (Å²) in [5.41, 5.74) is -0.742. The molecular formula is C12H12F3NO3. The van der Waals surface area contributed by atoms with Crippen molar-refractivity contribution in [3.63, 3.8) is 0 Å². The second-order valence-corrected chi connectivity index (χ2v) is 4.20. The normalized spacial score (nSPS) is 12.0. The van der Waals surface area contributed by atoms with Gasteiger partial charge >= 0.3 is 5.97 Å². The predicted octanol–water partition coefficient (Wildman–Crippen LogP) is 2.54. The van der Waals surface area contributed by atoms with Crippen LogP contribution in [0, 0.1) is 23.4 Å². The van der Waals surface area contributed by atoms with Crippen LogP contribution in [0.5, 0.6) is 0 Å². The van der Waals surface area contributed by atoms with Crippen LogP contribution < -0.4 is 5.32 Å². The van der Waals surface area contributed by atoms with Crippen molar-refractivity contribution in [3.05, 3.63) is 29.6 Å². The molecule has 1 aromatic carbocycles. The topological polar surface area (TPSA) is 66.4 Å². The first kappa shape index (κ1) is 15.0. The largest absolute Gasteiger partial charge is 0.481 e. The molecule has 104 valence electrons. The SMILES string of the molecule is CC(CC(=O)O)CC(=O)Nc1c(F)cc(F)cc1F. The molecule has 0 heterocycles. The summed E-state index contributed by atoms with van der Waals surface area (Å²) >= 11 is 0. The standard InChI is InChI=1S/C12H12F3NO3/c1-6(3-11(18)19)2-10(17)16-12-8(14)4-7(13)5-9(12)15/h4-6H,2-3H2,1H3,(H,16,17)(H,18,19). The van der Waals surface area contributed by atoms with Crippen molar-refractivity contribution >= 4 is 17.6 Å². The molecule has 1 atom stereocenters. The molecular weight excluding hydrogens is 263 g/mol. The first-order valence-corrected chi connectivity index (χ1v) is 5.45. The maximum atomic E-state index is 13.2. The molecule has 0 aliphatic rings. The van der Waals surface area contributed by atoms with E-state index >= 15 is 0 Å². The van der Waals surface area contributed by atoms with Gasteiger partial charge in [-0.25, -0.2) is 13.2 Å². The number of hydrogen-bond acceptors (Lipinski definition) is 2. The van der Waals surface area contributed by atoms with Crippen molar-refractivity contribution in [3.8, 4) is 0 Å². The van der Waals surface area contributed by atoms with Gasteiger partial charge in [-0.3, -0.25) is 9.59 Å². The molecule has 0 aliphatic heterocycles. The van der Waals surface area contributed by atoms with E-state index in [1.54, 1.807) is 0 Å². The minimum atomic E-state index is -1.23. The van der Waals surface area contributed by atoms with Gasteiger partial charge in [0.1, 0.15) is 11.5 Å². The monoisotopic (exact) mass is 275 g/mol. The van der Waals surface area contributed by atoms with Crippen molar-refractivity contribution < 1.29 is 27.9 Å². The van der Waals surface area contributed by atoms with Crippen LogP contribution in [0.25, 0.3) is 0 Å². The molecule has 1 rings (SSSR count). The molecule has 0 bridgehead atoms. The lowest BCUT2D eigenvalue weighted by molar-refractivity contribution is -0.138. The highest BCUT2D eigenvalue weighted by Gasteiger charge is 2.17. The first-order valence-electron chi connectivity index (χ1n) is 5.45. The van der Waals surface area contributed by atoms with E-state index in [0.29, 0.717) is 12.1 Å². The Labute approximate surface area is 107 Å². The minimum Gasteiger partial charge on any atom is -0.481 e. The van der Waals surface area contributed by atoms with Crippen LogP contribution in [0.3, 0.4) is 0 Å². The molecule has 0 aliphatic carbocycles. The molecule has 7 heteroatoms. The van der Waals surface area contributed by atoms with E-state index < -0.39 is 40.9 Å². The van der Waals surface area contributed by atoms with Crippen LogP contribution in [-0.4, -0.2) is 17.0 Å². The molecule has 1 aromatic rings. The van der Waals surface area contributed by atoms with Gasteiger partial charge < -0.3 is 10.4 Å². The molecule has 2 N–H and O–H groups in total. The van der Waals surface area contributed by atoms with Gasteiger partial charge in [0, 0.05) is 25.0 Å². The smallest absolute Gasteiger partial charge is 0.303 e. The summed E-state index contributed by atoms with van der Waals surface area (Å²) in [5.74, 6) is -5.83. The van der Waals surface area contributed by atoms with Gasteiger partial charge in [0.25, 0.3) is 0 Å². The van der Waals surface area contributed by atoms with Crippen molar-refractivity contribution in [1.82, 2.24) is 0 Å². The van der Waals surface area contributed by atoms with Crippen molar-refractivity contribution in [2.24, 2.45) is 5.92 Å². The van der Waals surface area contributed by atoms with Crippen LogP contribution >= 0.6 is 0 Å². The molecule has 1 unspecified atom stereocenters. The Balaban J connectivity index is 2.70. The fraction of sp³-hybridized carbons (Fsp3) is 0.333. The number of carbonyl (C=O) groups excluding carboxylic acids is 1. The fourth-order valence-corrected chi connectivity index (χ4v) is 1.54. The molecule has 1 amide bonds. The summed E-state index contributed by atoms with van der Waals surface area (Å²) in [5, 5.41) is 10.5. The summed E-state index contributed by atoms with van der Waals surface area (Å²) in [6, 6.07) is 0.888. The Bertz CT molecular complexity index is 482. The van der Waals surface area contributed by atoms with Crippen LogP contribution in [0.2, 0.25) is 0 Å². The van der Waals surface area contributed by atoms with E-state index in [1.165, 1.54) is 6.92 Å². The van der Waals surface area contributed by atoms with Gasteiger partial charge in [-0.2, -0.15) is 0 Å². The number of nitrogens with one attached hydrogen (secondary N) is 1. The average Bonchev–Trinajstić information content (AvgIpc) is 2.21. The Morgan fingerprint density at radius 1 is 1.21 bits per heavy atom. The molecule has 0 saturated carbocycles. The zero-order valence-corrected chi connectivity index (χ0v) is 10.0. The lowest BCUT2D eigenvalue weighted by Gasteiger charge is -2.10. The number of hydrogen-bond donors (Lipinski definition) is 2. The van der Waals surface area contributed by atoms with Crippen molar-refractivity contribution in [2.45, 2.75) is 19.8 Å². The molecule has 0 spiro atoms. The number of halogens is 3. The third kappa shape index (κ3) is 4.61. The van der Waals surface area contributed by atoms with E-state index in [1.807, 2.05) is 5.32 Å². The number of aliphatic carboxylic acids is 1. The van der Waals surface area contributed by atoms with Gasteiger partial charge in [-0.1, -0.05) is 6.92 Å². The van der Waals surface area contributed by atoms with Gasteiger partial charge in [-0.15, -0.1) is 0 Å². The fourth-order valence-electron chi connectivity index (χ4n) is 1.54. The number of amides is 1.